The molecule has 0 aliphatic carbocycles. The lowest BCUT2D eigenvalue weighted by molar-refractivity contribution is -0.159. The maximum absolute atomic E-state index is 11.8. The van der Waals surface area contributed by atoms with Crippen molar-refractivity contribution in [2.75, 3.05) is 6.61 Å². The van der Waals surface area contributed by atoms with Crippen LogP contribution in [-0.4, -0.2) is 28.8 Å². The van der Waals surface area contributed by atoms with Crippen LogP contribution in [0.4, 0.5) is 0 Å². The summed E-state index contributed by atoms with van der Waals surface area (Å²) in [7, 11) is 0. The second-order valence-electron chi connectivity index (χ2n) is 4.45. The molecule has 0 saturated heterocycles. The number of carbonyl (C=O) groups excluding carboxylic acids is 1. The number of carboxylic acids is 1. The zero-order valence-electron chi connectivity index (χ0n) is 11.3. The molecule has 1 aromatic rings. The molecule has 0 aromatic heterocycles. The van der Waals surface area contributed by atoms with Crippen LogP contribution in [0.5, 0.6) is 5.75 Å². The summed E-state index contributed by atoms with van der Waals surface area (Å²) < 4.78 is 4.92. The second kappa shape index (κ2) is 7.49. The Hall–Kier alpha value is -2.08. The number of benzene rings is 1. The molecular formula is C14H19NO5. The number of aliphatic carboxylic acids is 1. The summed E-state index contributed by atoms with van der Waals surface area (Å²) in [4.78, 5) is 23.0. The van der Waals surface area contributed by atoms with Crippen LogP contribution in [0.3, 0.4) is 0 Å². The summed E-state index contributed by atoms with van der Waals surface area (Å²) in [6.45, 7) is 2.12. The lowest BCUT2D eigenvalue weighted by atomic mass is 9.94. The van der Waals surface area contributed by atoms with Crippen LogP contribution in [0.15, 0.2) is 24.3 Å². The van der Waals surface area contributed by atoms with Gasteiger partial charge in [-0.15, -0.1) is 0 Å². The number of carboxylic acid groups (broad SMARTS) is 1. The fourth-order valence-corrected chi connectivity index (χ4v) is 1.70. The fourth-order valence-electron chi connectivity index (χ4n) is 1.70. The number of phenolic OH excluding ortho intramolecular Hbond substituents is 1. The van der Waals surface area contributed by atoms with Crippen LogP contribution < -0.4 is 5.73 Å². The Morgan fingerprint density at radius 3 is 2.40 bits per heavy atom. The number of unbranched alkanes of at least 4 members (excludes halogenated alkanes) is 1. The third-order valence-electron chi connectivity index (χ3n) is 2.90. The minimum absolute atomic E-state index is 0.0401. The highest BCUT2D eigenvalue weighted by atomic mass is 16.5. The van der Waals surface area contributed by atoms with Crippen molar-refractivity contribution < 1.29 is 24.5 Å². The van der Waals surface area contributed by atoms with E-state index in [0.29, 0.717) is 12.0 Å². The summed E-state index contributed by atoms with van der Waals surface area (Å²) >= 11 is 0. The zero-order valence-corrected chi connectivity index (χ0v) is 11.3. The first-order valence-corrected chi connectivity index (χ1v) is 6.41. The van der Waals surface area contributed by atoms with Crippen molar-refractivity contribution in [2.24, 2.45) is 11.7 Å². The number of esters is 1. The molecule has 0 fully saturated rings. The molecule has 0 amide bonds. The molecule has 1 aromatic carbocycles. The van der Waals surface area contributed by atoms with E-state index in [0.717, 1.165) is 6.42 Å². The van der Waals surface area contributed by atoms with Gasteiger partial charge in [0, 0.05) is 0 Å². The molecule has 0 bridgehead atoms. The molecule has 1 rings (SSSR count). The van der Waals surface area contributed by atoms with E-state index in [4.69, 9.17) is 15.6 Å². The van der Waals surface area contributed by atoms with Crippen LogP contribution in [0.1, 0.15) is 31.4 Å². The molecule has 110 valence electrons. The predicted octanol–water partition coefficient (Wildman–Crippen LogP) is 1.44. The first-order valence-electron chi connectivity index (χ1n) is 6.41. The minimum atomic E-state index is -1.46. The van der Waals surface area contributed by atoms with Gasteiger partial charge >= 0.3 is 11.9 Å². The van der Waals surface area contributed by atoms with Crippen LogP contribution in [0, 0.1) is 5.92 Å². The zero-order chi connectivity index (χ0) is 15.1. The summed E-state index contributed by atoms with van der Waals surface area (Å²) in [6, 6.07) is 4.71. The van der Waals surface area contributed by atoms with E-state index in [1.165, 1.54) is 24.3 Å². The van der Waals surface area contributed by atoms with Gasteiger partial charge in [-0.3, -0.25) is 9.59 Å². The molecule has 1 unspecified atom stereocenters. The molecule has 0 heterocycles. The molecule has 0 aliphatic rings. The average molecular weight is 281 g/mol. The van der Waals surface area contributed by atoms with Gasteiger partial charge in [0.25, 0.3) is 0 Å². The van der Waals surface area contributed by atoms with Crippen molar-refractivity contribution in [3.05, 3.63) is 29.8 Å². The lowest BCUT2D eigenvalue weighted by Gasteiger charge is -2.19. The Kier molecular flexibility index (Phi) is 5.99. The number of hydrogen-bond acceptors (Lipinski definition) is 5. The van der Waals surface area contributed by atoms with Crippen molar-refractivity contribution in [1.82, 2.24) is 0 Å². The topological polar surface area (TPSA) is 110 Å². The van der Waals surface area contributed by atoms with E-state index in [1.807, 2.05) is 6.92 Å². The third kappa shape index (κ3) is 4.24. The van der Waals surface area contributed by atoms with E-state index in [1.54, 1.807) is 0 Å². The third-order valence-corrected chi connectivity index (χ3v) is 2.90. The first kappa shape index (κ1) is 16.0. The fraction of sp³-hybridized carbons (Fsp3) is 0.429. The number of rotatable bonds is 7. The predicted molar refractivity (Wildman–Crippen MR) is 72.0 cm³/mol. The number of phenols is 1. The summed E-state index contributed by atoms with van der Waals surface area (Å²) in [5, 5.41) is 18.3. The summed E-state index contributed by atoms with van der Waals surface area (Å²) in [6.07, 6.45) is 1.52. The van der Waals surface area contributed by atoms with Gasteiger partial charge in [-0.2, -0.15) is 0 Å². The van der Waals surface area contributed by atoms with Gasteiger partial charge < -0.3 is 20.7 Å². The van der Waals surface area contributed by atoms with Gasteiger partial charge in [0.2, 0.25) is 0 Å². The van der Waals surface area contributed by atoms with Gasteiger partial charge in [-0.1, -0.05) is 25.5 Å². The van der Waals surface area contributed by atoms with E-state index < -0.39 is 23.9 Å². The van der Waals surface area contributed by atoms with Crippen LogP contribution in [-0.2, 0) is 14.3 Å². The van der Waals surface area contributed by atoms with E-state index in [2.05, 4.69) is 0 Å². The SMILES string of the molecule is CCCCOC(=O)C(C(=O)O)[C@@H](N)c1ccc(O)cc1. The van der Waals surface area contributed by atoms with E-state index in [-0.39, 0.29) is 12.4 Å². The molecule has 0 spiro atoms. The molecular weight excluding hydrogens is 262 g/mol. The Morgan fingerprint density at radius 1 is 1.30 bits per heavy atom. The molecule has 0 radical (unpaired) electrons. The first-order chi connectivity index (χ1) is 9.47. The number of carbonyl (C=O) groups is 2. The molecule has 4 N–H and O–H groups in total. The second-order valence-corrected chi connectivity index (χ2v) is 4.45. The molecule has 20 heavy (non-hydrogen) atoms. The number of ether oxygens (including phenoxy) is 1. The maximum Gasteiger partial charge on any atom is 0.322 e. The summed E-state index contributed by atoms with van der Waals surface area (Å²) in [5.41, 5.74) is 6.28. The Morgan fingerprint density at radius 2 is 1.90 bits per heavy atom. The van der Waals surface area contributed by atoms with Crippen molar-refractivity contribution >= 4 is 11.9 Å². The number of nitrogens with two attached hydrogens (primary N) is 1. The Bertz CT molecular complexity index is 457. The Balaban J connectivity index is 2.82. The van der Waals surface area contributed by atoms with Gasteiger partial charge in [0.1, 0.15) is 5.75 Å². The average Bonchev–Trinajstić information content (AvgIpc) is 2.39. The highest BCUT2D eigenvalue weighted by Gasteiger charge is 2.35. The minimum Gasteiger partial charge on any atom is -0.508 e. The number of hydrogen-bond donors (Lipinski definition) is 3. The maximum atomic E-state index is 11.8. The van der Waals surface area contributed by atoms with E-state index >= 15 is 0 Å². The van der Waals surface area contributed by atoms with Crippen molar-refractivity contribution in [2.45, 2.75) is 25.8 Å². The molecule has 0 saturated carbocycles. The monoisotopic (exact) mass is 281 g/mol. The highest BCUT2D eigenvalue weighted by Crippen LogP contribution is 2.23. The quantitative estimate of drug-likeness (QED) is 0.396. The van der Waals surface area contributed by atoms with Crippen LogP contribution >= 0.6 is 0 Å². The van der Waals surface area contributed by atoms with Crippen molar-refractivity contribution in [3.8, 4) is 5.75 Å². The van der Waals surface area contributed by atoms with Gasteiger partial charge in [-0.25, -0.2) is 0 Å². The van der Waals surface area contributed by atoms with Gasteiger partial charge in [-0.05, 0) is 24.1 Å². The molecule has 0 aliphatic heterocycles. The smallest absolute Gasteiger partial charge is 0.322 e. The van der Waals surface area contributed by atoms with Gasteiger partial charge in [0.05, 0.1) is 12.6 Å². The highest BCUT2D eigenvalue weighted by molar-refractivity contribution is 5.95. The normalized spacial score (nSPS) is 13.5. The largest absolute Gasteiger partial charge is 0.508 e. The standard InChI is InChI=1S/C14H19NO5/c1-2-3-8-20-14(19)11(13(17)18)12(15)9-4-6-10(16)7-5-9/h4-7,11-12,16H,2-3,8,15H2,1H3,(H,17,18)/t11?,12-/m0/s1. The Labute approximate surface area is 117 Å². The number of aromatic hydroxyl groups is 1. The van der Waals surface area contributed by atoms with Crippen LogP contribution in [0.2, 0.25) is 0 Å². The molecule has 6 heteroatoms. The van der Waals surface area contributed by atoms with Crippen LogP contribution in [0.25, 0.3) is 0 Å². The van der Waals surface area contributed by atoms with E-state index in [9.17, 15) is 14.7 Å². The van der Waals surface area contributed by atoms with Crippen molar-refractivity contribution in [1.29, 1.82) is 0 Å². The molecule has 6 nitrogen and oxygen atoms in total. The molecule has 2 atom stereocenters. The lowest BCUT2D eigenvalue weighted by Crippen LogP contribution is -2.36. The van der Waals surface area contributed by atoms with Gasteiger partial charge in [0.15, 0.2) is 5.92 Å². The summed E-state index contributed by atoms with van der Waals surface area (Å²) in [5.74, 6) is -3.59. The van der Waals surface area contributed by atoms with Crippen molar-refractivity contribution in [3.63, 3.8) is 0 Å².